The molecule has 1 saturated heterocycles. The minimum atomic E-state index is -0.237. The average molecular weight is 391 g/mol. The standard InChI is InChI=1S/C24H23F2N3/c1-15-2-6-17(7-3-15)23-21-14-29(13-16-4-8-18(25)9-5-16)22-11-10-19(26)12-20(22)24(21)28-27-23/h2-12,21,23-24,27-28H,13-14H2,1H3. The zero-order valence-electron chi connectivity index (χ0n) is 16.2. The maximum absolute atomic E-state index is 14.1. The Bertz CT molecular complexity index is 1020. The highest BCUT2D eigenvalue weighted by Crippen LogP contribution is 2.45. The second-order valence-corrected chi connectivity index (χ2v) is 8.03. The SMILES string of the molecule is Cc1ccc(C2NNC3c4cc(F)ccc4N(Cc4ccc(F)cc4)CC23)cc1. The number of hydrogen-bond donors (Lipinski definition) is 2. The number of aryl methyl sites for hydroxylation is 1. The first-order chi connectivity index (χ1) is 14.1. The monoisotopic (exact) mass is 391 g/mol. The molecule has 3 atom stereocenters. The van der Waals surface area contributed by atoms with Gasteiger partial charge < -0.3 is 4.90 Å². The van der Waals surface area contributed by atoms with E-state index in [0.29, 0.717) is 6.54 Å². The number of benzene rings is 3. The van der Waals surface area contributed by atoms with Crippen molar-refractivity contribution in [3.8, 4) is 0 Å². The van der Waals surface area contributed by atoms with Crippen LogP contribution in [0.2, 0.25) is 0 Å². The Morgan fingerprint density at radius 2 is 1.55 bits per heavy atom. The smallest absolute Gasteiger partial charge is 0.123 e. The van der Waals surface area contributed by atoms with E-state index in [1.54, 1.807) is 6.07 Å². The maximum atomic E-state index is 14.1. The molecule has 2 aliphatic rings. The van der Waals surface area contributed by atoms with Crippen LogP contribution in [-0.2, 0) is 6.54 Å². The van der Waals surface area contributed by atoms with Gasteiger partial charge in [0.1, 0.15) is 11.6 Å². The van der Waals surface area contributed by atoms with Crippen molar-refractivity contribution in [3.63, 3.8) is 0 Å². The third-order valence-corrected chi connectivity index (χ3v) is 6.07. The van der Waals surface area contributed by atoms with Gasteiger partial charge in [0.05, 0.1) is 12.1 Å². The Kier molecular flexibility index (Phi) is 4.57. The summed E-state index contributed by atoms with van der Waals surface area (Å²) in [6.07, 6.45) is 0. The number of halogens is 2. The summed E-state index contributed by atoms with van der Waals surface area (Å²) in [4.78, 5) is 2.28. The third-order valence-electron chi connectivity index (χ3n) is 6.07. The van der Waals surface area contributed by atoms with Crippen LogP contribution in [0.15, 0.2) is 66.7 Å². The minimum absolute atomic E-state index is 0.0384. The Morgan fingerprint density at radius 1 is 0.862 bits per heavy atom. The largest absolute Gasteiger partial charge is 0.367 e. The number of anilines is 1. The summed E-state index contributed by atoms with van der Waals surface area (Å²) in [5.41, 5.74) is 12.3. The Morgan fingerprint density at radius 3 is 2.31 bits per heavy atom. The Hall–Kier alpha value is -2.76. The number of fused-ring (bicyclic) bond motifs is 3. The number of rotatable bonds is 3. The molecule has 0 bridgehead atoms. The fourth-order valence-corrected chi connectivity index (χ4v) is 4.58. The number of hydrazine groups is 1. The molecule has 0 radical (unpaired) electrons. The molecule has 2 heterocycles. The first-order valence-corrected chi connectivity index (χ1v) is 9.95. The lowest BCUT2D eigenvalue weighted by Crippen LogP contribution is -2.39. The van der Waals surface area contributed by atoms with Crippen molar-refractivity contribution in [2.45, 2.75) is 25.6 Å². The highest BCUT2D eigenvalue weighted by molar-refractivity contribution is 5.59. The fraction of sp³-hybridized carbons (Fsp3) is 0.250. The predicted molar refractivity (Wildman–Crippen MR) is 110 cm³/mol. The van der Waals surface area contributed by atoms with Gasteiger partial charge in [0.15, 0.2) is 0 Å². The molecule has 0 amide bonds. The van der Waals surface area contributed by atoms with E-state index in [4.69, 9.17) is 0 Å². The highest BCUT2D eigenvalue weighted by atomic mass is 19.1. The molecule has 0 aromatic heterocycles. The van der Waals surface area contributed by atoms with E-state index in [2.05, 4.69) is 46.9 Å². The molecular weight excluding hydrogens is 368 g/mol. The molecule has 1 fully saturated rings. The zero-order valence-corrected chi connectivity index (χ0v) is 16.2. The van der Waals surface area contributed by atoms with E-state index < -0.39 is 0 Å². The molecule has 3 nitrogen and oxygen atoms in total. The van der Waals surface area contributed by atoms with Gasteiger partial charge in [-0.15, -0.1) is 0 Å². The number of hydrogen-bond acceptors (Lipinski definition) is 3. The van der Waals surface area contributed by atoms with E-state index in [-0.39, 0.29) is 29.6 Å². The van der Waals surface area contributed by atoms with Crippen LogP contribution in [0.25, 0.3) is 0 Å². The highest BCUT2D eigenvalue weighted by Gasteiger charge is 2.43. The van der Waals surface area contributed by atoms with Crippen molar-refractivity contribution in [1.29, 1.82) is 0 Å². The molecule has 0 saturated carbocycles. The lowest BCUT2D eigenvalue weighted by molar-refractivity contribution is 0.400. The molecule has 0 spiro atoms. The van der Waals surface area contributed by atoms with Gasteiger partial charge in [0.2, 0.25) is 0 Å². The van der Waals surface area contributed by atoms with Crippen molar-refractivity contribution in [2.75, 3.05) is 11.4 Å². The van der Waals surface area contributed by atoms with Crippen LogP contribution in [0, 0.1) is 24.5 Å². The summed E-state index contributed by atoms with van der Waals surface area (Å²) in [7, 11) is 0. The van der Waals surface area contributed by atoms with E-state index >= 15 is 0 Å². The van der Waals surface area contributed by atoms with Crippen LogP contribution in [0.4, 0.5) is 14.5 Å². The molecule has 3 aromatic rings. The third kappa shape index (κ3) is 3.41. The lowest BCUT2D eigenvalue weighted by atomic mass is 9.82. The van der Waals surface area contributed by atoms with Crippen molar-refractivity contribution < 1.29 is 8.78 Å². The molecule has 148 valence electrons. The topological polar surface area (TPSA) is 27.3 Å². The van der Waals surface area contributed by atoms with Gasteiger partial charge in [0, 0.05) is 24.7 Å². The zero-order chi connectivity index (χ0) is 20.0. The van der Waals surface area contributed by atoms with E-state index in [9.17, 15) is 8.78 Å². The van der Waals surface area contributed by atoms with Crippen molar-refractivity contribution in [3.05, 3.63) is 101 Å². The van der Waals surface area contributed by atoms with Crippen LogP contribution in [-0.4, -0.2) is 6.54 Å². The van der Waals surface area contributed by atoms with Crippen LogP contribution in [0.1, 0.15) is 34.3 Å². The lowest BCUT2D eigenvalue weighted by Gasteiger charge is -2.39. The minimum Gasteiger partial charge on any atom is -0.367 e. The second-order valence-electron chi connectivity index (χ2n) is 8.03. The summed E-state index contributed by atoms with van der Waals surface area (Å²) in [6.45, 7) is 3.55. The normalized spacial score (nSPS) is 23.0. The van der Waals surface area contributed by atoms with E-state index in [0.717, 1.165) is 23.4 Å². The first kappa shape index (κ1) is 18.3. The summed E-state index contributed by atoms with van der Waals surface area (Å²) in [6, 6.07) is 20.3. The summed E-state index contributed by atoms with van der Waals surface area (Å²) >= 11 is 0. The summed E-state index contributed by atoms with van der Waals surface area (Å²) < 4.78 is 27.4. The second kappa shape index (κ2) is 7.25. The van der Waals surface area contributed by atoms with Crippen LogP contribution < -0.4 is 15.8 Å². The average Bonchev–Trinajstić information content (AvgIpc) is 3.14. The molecule has 2 N–H and O–H groups in total. The first-order valence-electron chi connectivity index (χ1n) is 9.95. The molecule has 29 heavy (non-hydrogen) atoms. The quantitative estimate of drug-likeness (QED) is 0.672. The van der Waals surface area contributed by atoms with Crippen LogP contribution in [0.5, 0.6) is 0 Å². The molecule has 3 aromatic carbocycles. The van der Waals surface area contributed by atoms with Gasteiger partial charge in [-0.05, 0) is 53.9 Å². The molecule has 5 heteroatoms. The molecule has 5 rings (SSSR count). The van der Waals surface area contributed by atoms with Gasteiger partial charge in [0.25, 0.3) is 0 Å². The van der Waals surface area contributed by atoms with E-state index in [1.807, 2.05) is 18.2 Å². The molecular formula is C24H23F2N3. The maximum Gasteiger partial charge on any atom is 0.123 e. The Balaban J connectivity index is 1.50. The van der Waals surface area contributed by atoms with Gasteiger partial charge >= 0.3 is 0 Å². The number of nitrogens with one attached hydrogen (secondary N) is 2. The van der Waals surface area contributed by atoms with Gasteiger partial charge in [-0.3, -0.25) is 0 Å². The summed E-state index contributed by atoms with van der Waals surface area (Å²) in [5.74, 6) is -0.224. The molecule has 2 aliphatic heterocycles. The van der Waals surface area contributed by atoms with Gasteiger partial charge in [-0.2, -0.15) is 0 Å². The predicted octanol–water partition coefficient (Wildman–Crippen LogP) is 4.80. The van der Waals surface area contributed by atoms with Crippen molar-refractivity contribution in [1.82, 2.24) is 10.9 Å². The fourth-order valence-electron chi connectivity index (χ4n) is 4.58. The van der Waals surface area contributed by atoms with Crippen molar-refractivity contribution >= 4 is 5.69 Å². The number of nitrogens with zero attached hydrogens (tertiary/aromatic N) is 1. The van der Waals surface area contributed by atoms with Crippen LogP contribution >= 0.6 is 0 Å². The Labute approximate surface area is 169 Å². The van der Waals surface area contributed by atoms with Gasteiger partial charge in [-0.1, -0.05) is 42.0 Å². The van der Waals surface area contributed by atoms with Crippen LogP contribution in [0.3, 0.4) is 0 Å². The van der Waals surface area contributed by atoms with E-state index in [1.165, 1.54) is 29.3 Å². The van der Waals surface area contributed by atoms with Gasteiger partial charge in [-0.25, -0.2) is 19.6 Å². The molecule has 3 unspecified atom stereocenters. The summed E-state index contributed by atoms with van der Waals surface area (Å²) in [5, 5.41) is 0. The van der Waals surface area contributed by atoms with Crippen molar-refractivity contribution in [2.24, 2.45) is 5.92 Å². The molecule has 0 aliphatic carbocycles.